The van der Waals surface area contributed by atoms with Gasteiger partial charge in [-0.25, -0.2) is 0 Å². The summed E-state index contributed by atoms with van der Waals surface area (Å²) in [7, 11) is 9.11. The molecule has 5 rings (SSSR count). The number of pyridine rings is 3. The molecule has 0 radical (unpaired) electrons. The molecule has 3 aromatic rings. The van der Waals surface area contributed by atoms with Crippen LogP contribution in [0.15, 0.2) is 53.6 Å². The Labute approximate surface area is 231 Å². The predicted molar refractivity (Wildman–Crippen MR) is 142 cm³/mol. The van der Waals surface area contributed by atoms with Crippen LogP contribution in [-0.4, -0.2) is 104 Å². The van der Waals surface area contributed by atoms with Crippen LogP contribution in [0.4, 0.5) is 11.4 Å². The summed E-state index contributed by atoms with van der Waals surface area (Å²) in [5, 5.41) is 0. The monoisotopic (exact) mass is 545 g/mol. The van der Waals surface area contributed by atoms with Gasteiger partial charge in [-0.3, -0.25) is 14.8 Å². The molecule has 0 bridgehead atoms. The van der Waals surface area contributed by atoms with E-state index in [4.69, 9.17) is 0 Å². The van der Waals surface area contributed by atoms with Gasteiger partial charge in [-0.05, 0) is 24.3 Å². The molecule has 5 heterocycles. The molecule has 200 valence electrons. The van der Waals surface area contributed by atoms with Crippen LogP contribution in [0.2, 0.25) is 0 Å². The van der Waals surface area contributed by atoms with Gasteiger partial charge in [-0.1, -0.05) is 0 Å². The van der Waals surface area contributed by atoms with Gasteiger partial charge in [-0.15, -0.1) is 0 Å². The van der Waals surface area contributed by atoms with Crippen molar-refractivity contribution in [3.63, 3.8) is 0 Å². The molecular formula is C27H37Cl2N7O. The van der Waals surface area contributed by atoms with E-state index in [2.05, 4.69) is 77.2 Å². The molecule has 0 spiro atoms. The molecule has 0 amide bonds. The van der Waals surface area contributed by atoms with Crippen LogP contribution in [0.5, 0.6) is 0 Å². The molecule has 3 aromatic heterocycles. The molecule has 0 aliphatic carbocycles. The average molecular weight is 547 g/mol. The van der Waals surface area contributed by atoms with Gasteiger partial charge in [0, 0.05) is 35.9 Å². The highest BCUT2D eigenvalue weighted by Crippen LogP contribution is 2.26. The Balaban J connectivity index is 0.00000190. The van der Waals surface area contributed by atoms with E-state index in [-0.39, 0.29) is 30.2 Å². The van der Waals surface area contributed by atoms with E-state index in [1.807, 2.05) is 12.4 Å². The number of anilines is 2. The number of likely N-dealkylation sites (N-methyl/N-ethyl adjacent to an activating group) is 2. The van der Waals surface area contributed by atoms with Crippen LogP contribution in [0.1, 0.15) is 0 Å². The molecule has 0 saturated carbocycles. The lowest BCUT2D eigenvalue weighted by atomic mass is 10.1. The van der Waals surface area contributed by atoms with Crippen LogP contribution >= 0.6 is 0 Å². The number of quaternary nitrogens is 2. The summed E-state index contributed by atoms with van der Waals surface area (Å²) < 4.78 is 2.09. The van der Waals surface area contributed by atoms with E-state index in [0.29, 0.717) is 11.4 Å². The number of hydrogen-bond acceptors (Lipinski definition) is 5. The van der Waals surface area contributed by atoms with Gasteiger partial charge in [0.25, 0.3) is 0 Å². The molecule has 8 nitrogen and oxygen atoms in total. The first-order chi connectivity index (χ1) is 16.7. The third-order valence-electron chi connectivity index (χ3n) is 7.51. The summed E-state index contributed by atoms with van der Waals surface area (Å²) in [6.45, 7) is 8.48. The fraction of sp³-hybridized carbons (Fsp3) is 0.444. The second kappa shape index (κ2) is 11.4. The molecule has 2 aliphatic rings. The van der Waals surface area contributed by atoms with E-state index >= 15 is 0 Å². The Morgan fingerprint density at radius 1 is 0.676 bits per heavy atom. The van der Waals surface area contributed by atoms with E-state index < -0.39 is 0 Å². The number of halogens is 2. The van der Waals surface area contributed by atoms with Gasteiger partial charge in [-0.2, -0.15) is 0 Å². The number of nitrogens with zero attached hydrogens (tertiary/aromatic N) is 6. The highest BCUT2D eigenvalue weighted by atomic mass is 35.5. The van der Waals surface area contributed by atoms with Crippen molar-refractivity contribution >= 4 is 11.4 Å². The summed E-state index contributed by atoms with van der Waals surface area (Å²) in [4.78, 5) is 30.1. The lowest BCUT2D eigenvalue weighted by Crippen LogP contribution is -3.00. The maximum atomic E-state index is 12.7. The molecule has 0 unspecified atom stereocenters. The molecule has 1 N–H and O–H groups in total. The van der Waals surface area contributed by atoms with Crippen LogP contribution < -0.4 is 40.0 Å². The number of aromatic amines is 1. The summed E-state index contributed by atoms with van der Waals surface area (Å²) in [6.07, 6.45) is 3.67. The van der Waals surface area contributed by atoms with Crippen molar-refractivity contribution in [1.29, 1.82) is 0 Å². The van der Waals surface area contributed by atoms with Crippen molar-refractivity contribution in [2.75, 3.05) is 90.3 Å². The highest BCUT2D eigenvalue weighted by molar-refractivity contribution is 5.67. The van der Waals surface area contributed by atoms with Gasteiger partial charge in [0.15, 0.2) is 5.43 Å². The number of hydrogen-bond donors (Lipinski definition) is 1. The molecule has 2 fully saturated rings. The Hall–Kier alpha value is -2.65. The highest BCUT2D eigenvalue weighted by Gasteiger charge is 2.26. The fourth-order valence-corrected chi connectivity index (χ4v) is 4.88. The van der Waals surface area contributed by atoms with Gasteiger partial charge in [0.2, 0.25) is 0 Å². The van der Waals surface area contributed by atoms with Crippen molar-refractivity contribution in [2.45, 2.75) is 0 Å². The molecule has 37 heavy (non-hydrogen) atoms. The summed E-state index contributed by atoms with van der Waals surface area (Å²) in [5.74, 6) is 0. The Bertz CT molecular complexity index is 1160. The summed E-state index contributed by atoms with van der Waals surface area (Å²) >= 11 is 0. The number of piperazine rings is 2. The second-order valence-corrected chi connectivity index (χ2v) is 11.2. The van der Waals surface area contributed by atoms with Gasteiger partial charge >= 0.3 is 0 Å². The average Bonchev–Trinajstić information content (AvgIpc) is 2.84. The summed E-state index contributed by atoms with van der Waals surface area (Å²) in [5.41, 5.74) is 5.21. The quantitative estimate of drug-likeness (QED) is 0.342. The van der Waals surface area contributed by atoms with Crippen molar-refractivity contribution in [3.05, 3.63) is 59.0 Å². The maximum absolute atomic E-state index is 12.7. The van der Waals surface area contributed by atoms with E-state index in [0.717, 1.165) is 84.1 Å². The minimum atomic E-state index is -0.0535. The predicted octanol–water partition coefficient (Wildman–Crippen LogP) is -3.70. The van der Waals surface area contributed by atoms with Crippen molar-refractivity contribution in [1.82, 2.24) is 15.0 Å². The zero-order valence-electron chi connectivity index (χ0n) is 22.1. The Morgan fingerprint density at radius 2 is 1.05 bits per heavy atom. The Kier molecular flexibility index (Phi) is 8.90. The zero-order chi connectivity index (χ0) is 24.6. The number of rotatable bonds is 4. The van der Waals surface area contributed by atoms with Crippen LogP contribution in [0.3, 0.4) is 0 Å². The number of nitrogens with one attached hydrogen (secondary N) is 1. The molecule has 0 aromatic carbocycles. The zero-order valence-corrected chi connectivity index (χ0v) is 23.6. The first-order valence-electron chi connectivity index (χ1n) is 12.5. The molecule has 2 saturated heterocycles. The topological polar surface area (TPSA) is 65.1 Å². The minimum Gasteiger partial charge on any atom is -1.00 e. The normalized spacial score (nSPS) is 18.5. The van der Waals surface area contributed by atoms with E-state index in [1.165, 1.54) is 0 Å². The smallest absolute Gasteiger partial charge is 0.182 e. The second-order valence-electron chi connectivity index (χ2n) is 11.2. The van der Waals surface area contributed by atoms with Gasteiger partial charge < -0.3 is 48.6 Å². The lowest BCUT2D eigenvalue weighted by Gasteiger charge is -2.40. The molecule has 0 atom stereocenters. The Morgan fingerprint density at radius 3 is 1.43 bits per heavy atom. The van der Waals surface area contributed by atoms with Crippen molar-refractivity contribution in [3.8, 4) is 22.8 Å². The van der Waals surface area contributed by atoms with Gasteiger partial charge in [0.05, 0.1) is 103 Å². The first-order valence-corrected chi connectivity index (χ1v) is 12.5. The first kappa shape index (κ1) is 28.9. The number of aromatic nitrogens is 3. The number of H-pyrrole nitrogens is 1. The largest absolute Gasteiger partial charge is 1.00 e. The van der Waals surface area contributed by atoms with Crippen molar-refractivity contribution in [2.24, 2.45) is 0 Å². The van der Waals surface area contributed by atoms with E-state index in [1.54, 1.807) is 12.1 Å². The van der Waals surface area contributed by atoms with Gasteiger partial charge in [0.1, 0.15) is 0 Å². The third-order valence-corrected chi connectivity index (χ3v) is 7.51. The third kappa shape index (κ3) is 6.82. The van der Waals surface area contributed by atoms with Crippen LogP contribution in [0, 0.1) is 0 Å². The summed E-state index contributed by atoms with van der Waals surface area (Å²) in [6, 6.07) is 11.5. The van der Waals surface area contributed by atoms with Crippen LogP contribution in [-0.2, 0) is 0 Å². The lowest BCUT2D eigenvalue weighted by molar-refractivity contribution is -0.890. The SMILES string of the molecule is C[N+]1(C)CCN(c2ccnc(-c3cc(=O)cc(-c4cc(N5CC[N+](C)(C)CC5)ccn4)[nH]3)c2)CC1.[Cl-].[Cl-]. The maximum Gasteiger partial charge on any atom is 0.182 e. The molecule has 2 aliphatic heterocycles. The van der Waals surface area contributed by atoms with Crippen molar-refractivity contribution < 1.29 is 33.8 Å². The van der Waals surface area contributed by atoms with Crippen LogP contribution in [0.25, 0.3) is 22.8 Å². The minimum absolute atomic E-state index is 0. The standard InChI is InChI=1S/C27H36N7O.2ClH/c1-33(2)13-9-31(10-14-33)21-5-7-28-24(17-21)26-19-23(35)20-27(30-26)25-18-22(6-8-29-25)32-11-15-34(3,4)16-12-32;;/h5-8,17-20H,9-16H2,1-4H3;2*1H/q+1;;/p-1. The van der Waals surface area contributed by atoms with E-state index in [9.17, 15) is 4.79 Å². The fourth-order valence-electron chi connectivity index (χ4n) is 4.88. The molecular weight excluding hydrogens is 509 g/mol. The molecule has 10 heteroatoms.